The van der Waals surface area contributed by atoms with E-state index in [1.165, 1.54) is 0 Å². The van der Waals surface area contributed by atoms with Crippen LogP contribution in [0.1, 0.15) is 42.5 Å². The van der Waals surface area contributed by atoms with Crippen LogP contribution in [0.2, 0.25) is 5.02 Å². The summed E-state index contributed by atoms with van der Waals surface area (Å²) in [5, 5.41) is 16.7. The van der Waals surface area contributed by atoms with Crippen LogP contribution in [0, 0.1) is 0 Å². The highest BCUT2D eigenvalue weighted by Gasteiger charge is 2.52. The number of carbonyl (C=O) groups is 3. The number of unbranched alkanes of at least 4 members (excludes halogenated alkanes) is 1. The fourth-order valence-corrected chi connectivity index (χ4v) is 10.8. The van der Waals surface area contributed by atoms with Crippen molar-refractivity contribution in [3.05, 3.63) is 101 Å². The summed E-state index contributed by atoms with van der Waals surface area (Å²) >= 11 is 9.86. The zero-order chi connectivity index (χ0) is 38.7. The van der Waals surface area contributed by atoms with E-state index in [0.717, 1.165) is 61.8 Å². The standard InChI is InChI=1S/C40H41ClN4O7S3/c41-30-10-13-35-33(24-30)43(17-4-3-16-42-37(47)15-20-45(19-14-34(45)40(48)49)31-11-8-27(26-46)9-12-31)38(53-35)25-39-44(18-5-21-55(50,51)52)32-22-28-6-1-2-7-29(28)23-36(32)54-39/h1-2,6-13,22-26,34,38H,3-5,14-21H2,(H2-,42,47,48,49,50,51,52)/p+1/b39-25-. The molecule has 0 bridgehead atoms. The molecule has 1 saturated heterocycles. The van der Waals surface area contributed by atoms with Gasteiger partial charge < -0.3 is 20.2 Å². The predicted octanol–water partition coefficient (Wildman–Crippen LogP) is 7.43. The maximum absolute atomic E-state index is 13.0. The third kappa shape index (κ3) is 8.69. The molecule has 7 rings (SSSR count). The minimum atomic E-state index is -4.10. The van der Waals surface area contributed by atoms with Crippen molar-refractivity contribution in [1.82, 2.24) is 9.80 Å². The molecule has 1 fully saturated rings. The van der Waals surface area contributed by atoms with E-state index in [2.05, 4.69) is 45.5 Å². The molecule has 0 aliphatic carbocycles. The Balaban J connectivity index is 1.00. The van der Waals surface area contributed by atoms with Crippen LogP contribution in [-0.4, -0.2) is 86.1 Å². The average Bonchev–Trinajstić information content (AvgIpc) is 3.65. The van der Waals surface area contributed by atoms with E-state index in [-0.39, 0.29) is 34.4 Å². The number of hydrogen-bond donors (Lipinski definition) is 3. The Hall–Kier alpha value is -4.05. The lowest BCUT2D eigenvalue weighted by molar-refractivity contribution is -0.148. The second kappa shape index (κ2) is 16.6. The molecule has 3 atom stereocenters. The summed E-state index contributed by atoms with van der Waals surface area (Å²) in [5.74, 6) is -1.35. The first-order valence-corrected chi connectivity index (χ1v) is 21.9. The second-order valence-electron chi connectivity index (χ2n) is 14.0. The number of anilines is 2. The van der Waals surface area contributed by atoms with Gasteiger partial charge in [-0.3, -0.25) is 18.6 Å². The highest BCUT2D eigenvalue weighted by Crippen LogP contribution is 2.51. The Morgan fingerprint density at radius 2 is 1.71 bits per heavy atom. The number of carboxylic acids is 1. The molecular formula is C40H42ClN4O7S3+. The summed E-state index contributed by atoms with van der Waals surface area (Å²) in [4.78, 5) is 42.9. The smallest absolute Gasteiger partial charge is 0.363 e. The lowest BCUT2D eigenvalue weighted by Crippen LogP contribution is -2.70. The number of carbonyl (C=O) groups excluding carboxylic acids is 2. The lowest BCUT2D eigenvalue weighted by Gasteiger charge is -2.49. The zero-order valence-electron chi connectivity index (χ0n) is 30.0. The molecule has 288 valence electrons. The van der Waals surface area contributed by atoms with Gasteiger partial charge >= 0.3 is 5.97 Å². The molecule has 0 spiro atoms. The molecule has 3 aliphatic rings. The molecule has 4 aromatic rings. The van der Waals surface area contributed by atoms with Crippen LogP contribution >= 0.6 is 35.1 Å². The van der Waals surface area contributed by atoms with Gasteiger partial charge in [0.1, 0.15) is 17.3 Å². The third-order valence-corrected chi connectivity index (χ3v) is 13.9. The van der Waals surface area contributed by atoms with Crippen LogP contribution in [0.5, 0.6) is 0 Å². The number of amides is 1. The molecule has 3 aliphatic heterocycles. The van der Waals surface area contributed by atoms with E-state index in [0.29, 0.717) is 49.7 Å². The van der Waals surface area contributed by atoms with E-state index in [1.54, 1.807) is 47.8 Å². The monoisotopic (exact) mass is 821 g/mol. The van der Waals surface area contributed by atoms with Gasteiger partial charge in [0.05, 0.1) is 48.1 Å². The normalized spacial score (nSPS) is 21.0. The van der Waals surface area contributed by atoms with E-state index in [1.807, 2.05) is 30.3 Å². The van der Waals surface area contributed by atoms with Crippen molar-refractivity contribution in [2.45, 2.75) is 53.3 Å². The van der Waals surface area contributed by atoms with Gasteiger partial charge in [-0.25, -0.2) is 4.79 Å². The summed E-state index contributed by atoms with van der Waals surface area (Å²) in [7, 11) is -4.10. The number of aliphatic carboxylic acids is 1. The van der Waals surface area contributed by atoms with Gasteiger partial charge in [-0.05, 0) is 90.7 Å². The van der Waals surface area contributed by atoms with Gasteiger partial charge in [-0.2, -0.15) is 8.42 Å². The Kier molecular flexibility index (Phi) is 11.8. The van der Waals surface area contributed by atoms with Gasteiger partial charge in [-0.15, -0.1) is 0 Å². The summed E-state index contributed by atoms with van der Waals surface area (Å²) in [6.07, 6.45) is 5.46. The molecular weight excluding hydrogens is 780 g/mol. The maximum atomic E-state index is 13.0. The number of nitrogens with one attached hydrogen (secondary N) is 1. The van der Waals surface area contributed by atoms with E-state index in [4.69, 9.17) is 11.6 Å². The molecule has 4 aromatic carbocycles. The number of nitrogens with zero attached hydrogens (tertiary/aromatic N) is 3. The topological polar surface area (TPSA) is 144 Å². The summed E-state index contributed by atoms with van der Waals surface area (Å²) in [6, 6.07) is 24.6. The fraction of sp³-hybridized carbons (Fsp3) is 0.325. The van der Waals surface area contributed by atoms with Crippen molar-refractivity contribution >= 4 is 91.2 Å². The minimum Gasteiger partial charge on any atom is -0.477 e. The Labute approximate surface area is 334 Å². The summed E-state index contributed by atoms with van der Waals surface area (Å²) in [5.41, 5.74) is 3.35. The number of aldehydes is 1. The van der Waals surface area contributed by atoms with Crippen LogP contribution in [0.15, 0.2) is 99.8 Å². The van der Waals surface area contributed by atoms with E-state index in [9.17, 15) is 32.5 Å². The van der Waals surface area contributed by atoms with Crippen molar-refractivity contribution in [1.29, 1.82) is 0 Å². The molecule has 0 saturated carbocycles. The minimum absolute atomic E-state index is 0.0717. The molecule has 11 nitrogen and oxygen atoms in total. The number of rotatable bonds is 16. The van der Waals surface area contributed by atoms with Gasteiger partial charge in [0.2, 0.25) is 5.91 Å². The van der Waals surface area contributed by atoms with Crippen molar-refractivity contribution in [3.8, 4) is 0 Å². The SMILES string of the molecule is O=Cc1ccc([N+]2(CCC(=O)NCCCCN3c4cc(Cl)ccc4SC3/C=C3\Sc4cc5ccccc5cc4N3CCCS(=O)(=O)O)CCC2C(=O)O)cc1. The Morgan fingerprint density at radius 3 is 2.40 bits per heavy atom. The van der Waals surface area contributed by atoms with Crippen molar-refractivity contribution < 1.29 is 32.5 Å². The fourth-order valence-electron chi connectivity index (χ4n) is 7.67. The number of carboxylic acid groups (broad SMARTS) is 1. The van der Waals surface area contributed by atoms with E-state index >= 15 is 0 Å². The number of quaternary nitrogens is 1. The molecule has 3 heterocycles. The van der Waals surface area contributed by atoms with Crippen LogP contribution in [0.4, 0.5) is 17.1 Å². The molecule has 15 heteroatoms. The highest BCUT2D eigenvalue weighted by molar-refractivity contribution is 8.04. The Morgan fingerprint density at radius 1 is 0.945 bits per heavy atom. The average molecular weight is 822 g/mol. The van der Waals surface area contributed by atoms with Gasteiger partial charge in [0.15, 0.2) is 6.04 Å². The molecule has 0 aromatic heterocycles. The number of fused-ring (bicyclic) bond motifs is 3. The summed E-state index contributed by atoms with van der Waals surface area (Å²) < 4.78 is 32.8. The van der Waals surface area contributed by atoms with Gasteiger partial charge in [0, 0.05) is 40.0 Å². The quantitative estimate of drug-likeness (QED) is 0.0450. The van der Waals surface area contributed by atoms with Gasteiger partial charge in [-0.1, -0.05) is 59.4 Å². The Bertz CT molecular complexity index is 2260. The van der Waals surface area contributed by atoms with Crippen molar-refractivity contribution in [2.24, 2.45) is 0 Å². The van der Waals surface area contributed by atoms with E-state index < -0.39 is 22.1 Å². The zero-order valence-corrected chi connectivity index (χ0v) is 33.2. The lowest BCUT2D eigenvalue weighted by atomic mass is 9.94. The molecule has 0 radical (unpaired) electrons. The predicted molar refractivity (Wildman–Crippen MR) is 221 cm³/mol. The largest absolute Gasteiger partial charge is 0.477 e. The van der Waals surface area contributed by atoms with Crippen LogP contribution in [-0.2, 0) is 19.7 Å². The molecule has 3 unspecified atom stereocenters. The van der Waals surface area contributed by atoms with Crippen LogP contribution in [0.25, 0.3) is 10.8 Å². The summed E-state index contributed by atoms with van der Waals surface area (Å²) in [6.45, 7) is 2.57. The first-order chi connectivity index (χ1) is 26.4. The number of likely N-dealkylation sites (tertiary alicyclic amines) is 1. The molecule has 3 N–H and O–H groups in total. The molecule has 1 amide bonds. The molecule has 55 heavy (non-hydrogen) atoms. The first kappa shape index (κ1) is 39.2. The second-order valence-corrected chi connectivity index (χ2v) is 18.2. The van der Waals surface area contributed by atoms with Crippen LogP contribution in [0.3, 0.4) is 0 Å². The number of halogens is 1. The van der Waals surface area contributed by atoms with Crippen LogP contribution < -0.4 is 19.6 Å². The van der Waals surface area contributed by atoms with Crippen molar-refractivity contribution in [3.63, 3.8) is 0 Å². The number of thioether (sulfide) groups is 2. The maximum Gasteiger partial charge on any atom is 0.363 e. The number of benzene rings is 4. The van der Waals surface area contributed by atoms with Gasteiger partial charge in [0.25, 0.3) is 10.1 Å². The number of hydrogen-bond acceptors (Lipinski definition) is 9. The highest BCUT2D eigenvalue weighted by atomic mass is 35.5. The van der Waals surface area contributed by atoms with Crippen molar-refractivity contribution in [2.75, 3.05) is 48.3 Å². The third-order valence-electron chi connectivity index (χ3n) is 10.6. The first-order valence-electron chi connectivity index (χ1n) is 18.2.